The number of benzene rings is 1. The number of sulfonamides is 1. The summed E-state index contributed by atoms with van der Waals surface area (Å²) < 4.78 is 24.5. The number of hydrogen-bond acceptors (Lipinski definition) is 4. The second-order valence-electron chi connectivity index (χ2n) is 5.35. The van der Waals surface area contributed by atoms with Crippen LogP contribution in [-0.4, -0.2) is 61.9 Å². The third-order valence-corrected chi connectivity index (χ3v) is 5.23. The SMILES string of the molecule is CCC(C(=O)c1ccccc1)N1CCN(S(C)(=O)=O)CC1. The van der Waals surface area contributed by atoms with Crippen LogP contribution < -0.4 is 0 Å². The molecule has 5 nitrogen and oxygen atoms in total. The minimum atomic E-state index is -3.13. The van der Waals surface area contributed by atoms with Gasteiger partial charge in [0.15, 0.2) is 5.78 Å². The molecule has 1 aromatic carbocycles. The third kappa shape index (κ3) is 3.90. The van der Waals surface area contributed by atoms with Gasteiger partial charge in [0.1, 0.15) is 0 Å². The Balaban J connectivity index is 2.05. The summed E-state index contributed by atoms with van der Waals surface area (Å²) >= 11 is 0. The predicted octanol–water partition coefficient (Wildman–Crippen LogP) is 1.23. The number of nitrogens with zero attached hydrogens (tertiary/aromatic N) is 2. The molecule has 2 rings (SSSR count). The molecule has 6 heteroatoms. The molecular weight excluding hydrogens is 288 g/mol. The van der Waals surface area contributed by atoms with E-state index in [-0.39, 0.29) is 11.8 Å². The fourth-order valence-electron chi connectivity index (χ4n) is 2.75. The van der Waals surface area contributed by atoms with Crippen molar-refractivity contribution in [1.82, 2.24) is 9.21 Å². The number of hydrogen-bond donors (Lipinski definition) is 0. The zero-order valence-corrected chi connectivity index (χ0v) is 13.3. The molecule has 1 aliphatic heterocycles. The lowest BCUT2D eigenvalue weighted by atomic mass is 10.0. The monoisotopic (exact) mass is 310 g/mol. The summed E-state index contributed by atoms with van der Waals surface area (Å²) in [6.07, 6.45) is 1.96. The van der Waals surface area contributed by atoms with Gasteiger partial charge in [-0.15, -0.1) is 0 Å². The highest BCUT2D eigenvalue weighted by Crippen LogP contribution is 2.16. The van der Waals surface area contributed by atoms with E-state index in [1.165, 1.54) is 10.6 Å². The van der Waals surface area contributed by atoms with Crippen molar-refractivity contribution in [2.45, 2.75) is 19.4 Å². The number of piperazine rings is 1. The molecule has 0 bridgehead atoms. The molecule has 1 unspecified atom stereocenters. The topological polar surface area (TPSA) is 57.7 Å². The van der Waals surface area contributed by atoms with E-state index in [1.54, 1.807) is 0 Å². The smallest absolute Gasteiger partial charge is 0.211 e. The Morgan fingerprint density at radius 3 is 2.19 bits per heavy atom. The van der Waals surface area contributed by atoms with Crippen LogP contribution in [0.1, 0.15) is 23.7 Å². The van der Waals surface area contributed by atoms with Crippen molar-refractivity contribution in [3.63, 3.8) is 0 Å². The van der Waals surface area contributed by atoms with Crippen LogP contribution in [0.4, 0.5) is 0 Å². The van der Waals surface area contributed by atoms with Crippen LogP contribution in [0.3, 0.4) is 0 Å². The molecule has 1 heterocycles. The van der Waals surface area contributed by atoms with E-state index in [2.05, 4.69) is 4.90 Å². The summed E-state index contributed by atoms with van der Waals surface area (Å²) in [5.41, 5.74) is 0.717. The summed E-state index contributed by atoms with van der Waals surface area (Å²) in [7, 11) is -3.13. The largest absolute Gasteiger partial charge is 0.292 e. The molecule has 0 aromatic heterocycles. The molecule has 0 spiro atoms. The standard InChI is InChI=1S/C15H22N2O3S/c1-3-14(15(18)13-7-5-4-6-8-13)16-9-11-17(12-10-16)21(2,19)20/h4-8,14H,3,9-12H2,1-2H3. The first-order valence-electron chi connectivity index (χ1n) is 7.22. The second kappa shape index (κ2) is 6.68. The van der Waals surface area contributed by atoms with Gasteiger partial charge in [0.2, 0.25) is 10.0 Å². The van der Waals surface area contributed by atoms with Crippen LogP contribution in [0.15, 0.2) is 30.3 Å². The fraction of sp³-hybridized carbons (Fsp3) is 0.533. The van der Waals surface area contributed by atoms with Crippen LogP contribution in [0.25, 0.3) is 0 Å². The van der Waals surface area contributed by atoms with E-state index in [9.17, 15) is 13.2 Å². The quantitative estimate of drug-likeness (QED) is 0.768. The highest BCUT2D eigenvalue weighted by atomic mass is 32.2. The van der Waals surface area contributed by atoms with Gasteiger partial charge in [0.25, 0.3) is 0 Å². The maximum atomic E-state index is 12.6. The third-order valence-electron chi connectivity index (χ3n) is 3.93. The summed E-state index contributed by atoms with van der Waals surface area (Å²) in [6.45, 7) is 4.11. The summed E-state index contributed by atoms with van der Waals surface area (Å²) in [5, 5.41) is 0. The van der Waals surface area contributed by atoms with Crippen LogP contribution >= 0.6 is 0 Å². The van der Waals surface area contributed by atoms with Crippen LogP contribution in [0.2, 0.25) is 0 Å². The lowest BCUT2D eigenvalue weighted by molar-refractivity contribution is 0.0747. The molecule has 1 saturated heterocycles. The highest BCUT2D eigenvalue weighted by molar-refractivity contribution is 7.88. The van der Waals surface area contributed by atoms with Gasteiger partial charge in [0.05, 0.1) is 12.3 Å². The minimum Gasteiger partial charge on any atom is -0.292 e. The Bertz CT molecular complexity index is 578. The zero-order chi connectivity index (χ0) is 15.5. The summed E-state index contributed by atoms with van der Waals surface area (Å²) in [4.78, 5) is 14.7. The summed E-state index contributed by atoms with van der Waals surface area (Å²) in [5.74, 6) is 0.117. The van der Waals surface area contributed by atoms with Crippen molar-refractivity contribution < 1.29 is 13.2 Å². The molecule has 1 atom stereocenters. The first kappa shape index (κ1) is 16.1. The Labute approximate surface area is 126 Å². The molecule has 0 aliphatic carbocycles. The lowest BCUT2D eigenvalue weighted by Crippen LogP contribution is -2.53. The minimum absolute atomic E-state index is 0.117. The molecule has 21 heavy (non-hydrogen) atoms. The van der Waals surface area contributed by atoms with Crippen molar-refractivity contribution in [2.24, 2.45) is 0 Å². The average molecular weight is 310 g/mol. The van der Waals surface area contributed by atoms with E-state index in [0.29, 0.717) is 26.2 Å². The van der Waals surface area contributed by atoms with E-state index in [0.717, 1.165) is 12.0 Å². The number of ketones is 1. The molecule has 116 valence electrons. The first-order valence-corrected chi connectivity index (χ1v) is 9.06. The molecule has 0 saturated carbocycles. The van der Waals surface area contributed by atoms with Gasteiger partial charge in [-0.1, -0.05) is 37.3 Å². The van der Waals surface area contributed by atoms with Gasteiger partial charge in [-0.05, 0) is 6.42 Å². The van der Waals surface area contributed by atoms with Gasteiger partial charge >= 0.3 is 0 Å². The first-order chi connectivity index (χ1) is 9.93. The molecule has 0 N–H and O–H groups in total. The molecule has 0 radical (unpaired) electrons. The summed E-state index contributed by atoms with van der Waals surface area (Å²) in [6, 6.07) is 9.11. The Morgan fingerprint density at radius 1 is 1.14 bits per heavy atom. The Kier molecular flexibility index (Phi) is 5.13. The number of carbonyl (C=O) groups is 1. The van der Waals surface area contributed by atoms with Crippen molar-refractivity contribution in [2.75, 3.05) is 32.4 Å². The number of rotatable bonds is 5. The molecule has 1 aromatic rings. The van der Waals surface area contributed by atoms with Gasteiger partial charge < -0.3 is 0 Å². The second-order valence-corrected chi connectivity index (χ2v) is 7.33. The fourth-order valence-corrected chi connectivity index (χ4v) is 3.58. The van der Waals surface area contributed by atoms with E-state index >= 15 is 0 Å². The molecule has 1 aliphatic rings. The zero-order valence-electron chi connectivity index (χ0n) is 12.5. The van der Waals surface area contributed by atoms with E-state index in [1.807, 2.05) is 37.3 Å². The average Bonchev–Trinajstić information content (AvgIpc) is 2.48. The van der Waals surface area contributed by atoms with Crippen molar-refractivity contribution in [1.29, 1.82) is 0 Å². The van der Waals surface area contributed by atoms with Crippen LogP contribution in [0, 0.1) is 0 Å². The maximum absolute atomic E-state index is 12.6. The maximum Gasteiger partial charge on any atom is 0.211 e. The van der Waals surface area contributed by atoms with Crippen molar-refractivity contribution in [3.05, 3.63) is 35.9 Å². The molecular formula is C15H22N2O3S. The Morgan fingerprint density at radius 2 is 1.71 bits per heavy atom. The molecule has 0 amide bonds. The van der Waals surface area contributed by atoms with Crippen molar-refractivity contribution >= 4 is 15.8 Å². The number of Topliss-reactive ketones (excluding diaryl/α,β-unsaturated/α-hetero) is 1. The van der Waals surface area contributed by atoms with Gasteiger partial charge in [-0.2, -0.15) is 4.31 Å². The predicted molar refractivity (Wildman–Crippen MR) is 82.8 cm³/mol. The van der Waals surface area contributed by atoms with Gasteiger partial charge in [-0.25, -0.2) is 8.42 Å². The van der Waals surface area contributed by atoms with Crippen molar-refractivity contribution in [3.8, 4) is 0 Å². The normalized spacial score (nSPS) is 19.3. The van der Waals surface area contributed by atoms with Crippen LogP contribution in [0.5, 0.6) is 0 Å². The van der Waals surface area contributed by atoms with E-state index < -0.39 is 10.0 Å². The highest BCUT2D eigenvalue weighted by Gasteiger charge is 2.30. The van der Waals surface area contributed by atoms with Gasteiger partial charge in [0, 0.05) is 31.7 Å². The van der Waals surface area contributed by atoms with Crippen LogP contribution in [-0.2, 0) is 10.0 Å². The number of carbonyl (C=O) groups excluding carboxylic acids is 1. The Hall–Kier alpha value is -1.24. The molecule has 1 fully saturated rings. The lowest BCUT2D eigenvalue weighted by Gasteiger charge is -2.37. The van der Waals surface area contributed by atoms with E-state index in [4.69, 9.17) is 0 Å². The van der Waals surface area contributed by atoms with Gasteiger partial charge in [-0.3, -0.25) is 9.69 Å².